The van der Waals surface area contributed by atoms with Gasteiger partial charge >= 0.3 is 0 Å². The second-order valence-corrected chi connectivity index (χ2v) is 7.25. The van der Waals surface area contributed by atoms with E-state index in [1.54, 1.807) is 0 Å². The Kier molecular flexibility index (Phi) is 10.8. The summed E-state index contributed by atoms with van der Waals surface area (Å²) in [5.41, 5.74) is 2.13. The van der Waals surface area contributed by atoms with Gasteiger partial charge in [0.2, 0.25) is 5.91 Å². The van der Waals surface area contributed by atoms with Gasteiger partial charge in [0.15, 0.2) is 0 Å². The number of ether oxygens (including phenoxy) is 1. The summed E-state index contributed by atoms with van der Waals surface area (Å²) in [7, 11) is 0. The summed E-state index contributed by atoms with van der Waals surface area (Å²) >= 11 is 2.01. The Morgan fingerprint density at radius 2 is 2.04 bits per heavy atom. The molecule has 0 aromatic heterocycles. The van der Waals surface area contributed by atoms with E-state index in [0.717, 1.165) is 38.5 Å². The van der Waals surface area contributed by atoms with Crippen LogP contribution in [-0.4, -0.2) is 61.2 Å². The molecule has 0 radical (unpaired) electrons. The zero-order chi connectivity index (χ0) is 15.9. The summed E-state index contributed by atoms with van der Waals surface area (Å²) in [6.07, 6.45) is 0.453. The van der Waals surface area contributed by atoms with Crippen LogP contribution >= 0.6 is 36.6 Å². The highest BCUT2D eigenvalue weighted by molar-refractivity contribution is 7.99. The van der Waals surface area contributed by atoms with Crippen LogP contribution in [0, 0.1) is 0 Å². The monoisotopic (exact) mass is 407 g/mol. The van der Waals surface area contributed by atoms with Gasteiger partial charge in [-0.15, -0.1) is 24.8 Å². The Morgan fingerprint density at radius 3 is 2.76 bits per heavy atom. The molecule has 2 aliphatic rings. The molecular weight excluding hydrogens is 381 g/mol. The van der Waals surface area contributed by atoms with E-state index in [2.05, 4.69) is 21.6 Å². The number of halogens is 2. The maximum atomic E-state index is 12.3. The SMILES string of the molecule is Cl.Cl.O=C(CC1COCCN1)Nc1ccccc1CN1CCSCC1. The van der Waals surface area contributed by atoms with E-state index in [9.17, 15) is 4.79 Å². The maximum absolute atomic E-state index is 12.3. The number of carbonyl (C=O) groups excluding carboxylic acids is 1. The van der Waals surface area contributed by atoms with Gasteiger partial charge in [-0.05, 0) is 11.6 Å². The molecule has 1 atom stereocenters. The number of amides is 1. The second-order valence-electron chi connectivity index (χ2n) is 6.02. The predicted molar refractivity (Wildman–Crippen MR) is 109 cm³/mol. The van der Waals surface area contributed by atoms with Crippen molar-refractivity contribution in [1.29, 1.82) is 0 Å². The highest BCUT2D eigenvalue weighted by atomic mass is 35.5. The average molecular weight is 408 g/mol. The van der Waals surface area contributed by atoms with Crippen LogP contribution in [-0.2, 0) is 16.1 Å². The van der Waals surface area contributed by atoms with Crippen LogP contribution in [0.4, 0.5) is 5.69 Å². The number of nitrogens with one attached hydrogen (secondary N) is 2. The van der Waals surface area contributed by atoms with Gasteiger partial charge in [-0.2, -0.15) is 11.8 Å². The third-order valence-corrected chi connectivity index (χ3v) is 5.16. The molecule has 3 rings (SSSR count). The van der Waals surface area contributed by atoms with E-state index in [1.165, 1.54) is 17.1 Å². The van der Waals surface area contributed by atoms with Crippen LogP contribution in [0.2, 0.25) is 0 Å². The van der Waals surface area contributed by atoms with Crippen molar-refractivity contribution in [2.24, 2.45) is 0 Å². The number of para-hydroxylation sites is 1. The summed E-state index contributed by atoms with van der Waals surface area (Å²) in [6, 6.07) is 8.25. The van der Waals surface area contributed by atoms with Crippen molar-refractivity contribution < 1.29 is 9.53 Å². The van der Waals surface area contributed by atoms with E-state index in [1.807, 2.05) is 30.0 Å². The number of hydrogen-bond donors (Lipinski definition) is 2. The van der Waals surface area contributed by atoms with E-state index >= 15 is 0 Å². The van der Waals surface area contributed by atoms with E-state index < -0.39 is 0 Å². The highest BCUT2D eigenvalue weighted by Gasteiger charge is 2.18. The van der Waals surface area contributed by atoms with Gasteiger partial charge in [0.1, 0.15) is 0 Å². The smallest absolute Gasteiger partial charge is 0.226 e. The van der Waals surface area contributed by atoms with Crippen molar-refractivity contribution in [3.63, 3.8) is 0 Å². The Bertz CT molecular complexity index is 524. The van der Waals surface area contributed by atoms with Crippen LogP contribution in [0.3, 0.4) is 0 Å². The molecule has 1 unspecified atom stereocenters. The Morgan fingerprint density at radius 1 is 1.28 bits per heavy atom. The molecular formula is C17H27Cl2N3O2S. The van der Waals surface area contributed by atoms with Crippen molar-refractivity contribution >= 4 is 48.2 Å². The first-order valence-corrected chi connectivity index (χ1v) is 9.46. The molecule has 5 nitrogen and oxygen atoms in total. The van der Waals surface area contributed by atoms with E-state index in [4.69, 9.17) is 4.74 Å². The normalized spacial score (nSPS) is 20.9. The fraction of sp³-hybridized carbons (Fsp3) is 0.588. The lowest BCUT2D eigenvalue weighted by Crippen LogP contribution is -2.43. The summed E-state index contributed by atoms with van der Waals surface area (Å²) in [6.45, 7) is 5.31. The van der Waals surface area contributed by atoms with Gasteiger partial charge in [0, 0.05) is 55.8 Å². The van der Waals surface area contributed by atoms with Crippen LogP contribution in [0.15, 0.2) is 24.3 Å². The fourth-order valence-electron chi connectivity index (χ4n) is 2.96. The summed E-state index contributed by atoms with van der Waals surface area (Å²) in [4.78, 5) is 14.8. The van der Waals surface area contributed by atoms with Gasteiger partial charge in [-0.3, -0.25) is 9.69 Å². The van der Waals surface area contributed by atoms with Gasteiger partial charge in [-0.1, -0.05) is 18.2 Å². The fourth-order valence-corrected chi connectivity index (χ4v) is 3.93. The molecule has 2 fully saturated rings. The van der Waals surface area contributed by atoms with Gasteiger partial charge in [0.05, 0.1) is 13.2 Å². The zero-order valence-corrected chi connectivity index (χ0v) is 16.7. The van der Waals surface area contributed by atoms with Crippen LogP contribution in [0.25, 0.3) is 0 Å². The minimum absolute atomic E-state index is 0. The van der Waals surface area contributed by atoms with Crippen molar-refractivity contribution in [3.05, 3.63) is 29.8 Å². The number of thioether (sulfide) groups is 1. The molecule has 2 heterocycles. The first-order chi connectivity index (χ1) is 11.3. The number of rotatable bonds is 5. The second kappa shape index (κ2) is 12.0. The molecule has 1 aromatic rings. The third kappa shape index (κ3) is 7.33. The quantitative estimate of drug-likeness (QED) is 0.784. The Labute approximate surface area is 166 Å². The van der Waals surface area contributed by atoms with Crippen LogP contribution in [0.1, 0.15) is 12.0 Å². The van der Waals surface area contributed by atoms with Crippen LogP contribution in [0.5, 0.6) is 0 Å². The van der Waals surface area contributed by atoms with E-state index in [0.29, 0.717) is 13.0 Å². The van der Waals surface area contributed by atoms with Gasteiger partial charge in [0.25, 0.3) is 0 Å². The van der Waals surface area contributed by atoms with Crippen LogP contribution < -0.4 is 10.6 Å². The minimum atomic E-state index is 0. The average Bonchev–Trinajstić information content (AvgIpc) is 2.58. The molecule has 0 spiro atoms. The zero-order valence-electron chi connectivity index (χ0n) is 14.2. The predicted octanol–water partition coefficient (Wildman–Crippen LogP) is 2.40. The molecule has 8 heteroatoms. The standard InChI is InChI=1S/C17H25N3O2S.2ClH/c21-17(11-15-13-22-8-5-18-15)19-16-4-2-1-3-14(16)12-20-6-9-23-10-7-20;;/h1-4,15,18H,5-13H2,(H,19,21);2*1H. The van der Waals surface area contributed by atoms with Gasteiger partial charge in [-0.25, -0.2) is 0 Å². The number of anilines is 1. The number of carbonyl (C=O) groups is 1. The summed E-state index contributed by atoms with van der Waals surface area (Å²) in [5, 5.41) is 6.40. The van der Waals surface area contributed by atoms with E-state index in [-0.39, 0.29) is 36.8 Å². The molecule has 25 heavy (non-hydrogen) atoms. The number of benzene rings is 1. The van der Waals surface area contributed by atoms with Crippen molar-refractivity contribution in [1.82, 2.24) is 10.2 Å². The molecule has 0 bridgehead atoms. The molecule has 1 aromatic carbocycles. The van der Waals surface area contributed by atoms with Gasteiger partial charge < -0.3 is 15.4 Å². The first kappa shape index (κ1) is 22.5. The maximum Gasteiger partial charge on any atom is 0.226 e. The minimum Gasteiger partial charge on any atom is -0.378 e. The Balaban J connectivity index is 0.00000156. The molecule has 2 aliphatic heterocycles. The lowest BCUT2D eigenvalue weighted by atomic mass is 10.1. The van der Waals surface area contributed by atoms with Crippen molar-refractivity contribution in [2.45, 2.75) is 19.0 Å². The Hall–Kier alpha value is -0.500. The molecule has 142 valence electrons. The largest absolute Gasteiger partial charge is 0.378 e. The molecule has 0 saturated carbocycles. The molecule has 0 aliphatic carbocycles. The lowest BCUT2D eigenvalue weighted by molar-refractivity contribution is -0.117. The number of morpholine rings is 1. The lowest BCUT2D eigenvalue weighted by Gasteiger charge is -2.27. The molecule has 1 amide bonds. The third-order valence-electron chi connectivity index (χ3n) is 4.22. The summed E-state index contributed by atoms with van der Waals surface area (Å²) < 4.78 is 5.41. The number of hydrogen-bond acceptors (Lipinski definition) is 5. The first-order valence-electron chi connectivity index (χ1n) is 8.30. The topological polar surface area (TPSA) is 53.6 Å². The summed E-state index contributed by atoms with van der Waals surface area (Å²) in [5.74, 6) is 2.44. The molecule has 2 N–H and O–H groups in total. The molecule has 2 saturated heterocycles. The highest BCUT2D eigenvalue weighted by Crippen LogP contribution is 2.20. The number of nitrogens with zero attached hydrogens (tertiary/aromatic N) is 1. The van der Waals surface area contributed by atoms with Crippen molar-refractivity contribution in [3.8, 4) is 0 Å². The van der Waals surface area contributed by atoms with Crippen molar-refractivity contribution in [2.75, 3.05) is 49.7 Å².